The summed E-state index contributed by atoms with van der Waals surface area (Å²) < 4.78 is 34.2. The molecule has 0 aliphatic carbocycles. The SMILES string of the molecule is CCCCCCCCCCCCc1cc(S(=O)(=O)[O-])cc2ccccc12.[K+]. The Labute approximate surface area is 207 Å². The summed E-state index contributed by atoms with van der Waals surface area (Å²) in [5.74, 6) is 0. The van der Waals surface area contributed by atoms with Gasteiger partial charge in [0, 0.05) is 0 Å². The Morgan fingerprint density at radius 3 is 1.96 bits per heavy atom. The summed E-state index contributed by atoms with van der Waals surface area (Å²) in [6.07, 6.45) is 13.5. The molecule has 27 heavy (non-hydrogen) atoms. The molecule has 0 aromatic heterocycles. The van der Waals surface area contributed by atoms with Gasteiger partial charge in [0.05, 0.1) is 4.90 Å². The van der Waals surface area contributed by atoms with E-state index in [0.717, 1.165) is 35.6 Å². The number of rotatable bonds is 12. The van der Waals surface area contributed by atoms with Gasteiger partial charge in [0.15, 0.2) is 0 Å². The molecular weight excluding hydrogens is 383 g/mol. The zero-order chi connectivity index (χ0) is 18.8. The fourth-order valence-corrected chi connectivity index (χ4v) is 4.07. The molecule has 0 saturated heterocycles. The maximum atomic E-state index is 11.4. The average Bonchev–Trinajstić information content (AvgIpc) is 2.62. The van der Waals surface area contributed by atoms with E-state index >= 15 is 0 Å². The molecule has 2 rings (SSSR count). The number of unbranched alkanes of at least 4 members (excludes halogenated alkanes) is 9. The van der Waals surface area contributed by atoms with Gasteiger partial charge in [0.25, 0.3) is 0 Å². The Morgan fingerprint density at radius 2 is 1.37 bits per heavy atom. The maximum absolute atomic E-state index is 11.4. The van der Waals surface area contributed by atoms with Crippen LogP contribution in [-0.4, -0.2) is 13.0 Å². The first-order valence-corrected chi connectivity index (χ1v) is 11.4. The molecule has 2 aromatic carbocycles. The smallest absolute Gasteiger partial charge is 0.744 e. The van der Waals surface area contributed by atoms with Crippen LogP contribution in [0.5, 0.6) is 0 Å². The zero-order valence-electron chi connectivity index (χ0n) is 16.9. The van der Waals surface area contributed by atoms with Gasteiger partial charge < -0.3 is 4.55 Å². The van der Waals surface area contributed by atoms with Crippen molar-refractivity contribution in [3.63, 3.8) is 0 Å². The van der Waals surface area contributed by atoms with Gasteiger partial charge >= 0.3 is 51.4 Å². The molecule has 0 saturated carbocycles. The van der Waals surface area contributed by atoms with Crippen LogP contribution < -0.4 is 51.4 Å². The summed E-state index contributed by atoms with van der Waals surface area (Å²) in [6, 6.07) is 10.7. The van der Waals surface area contributed by atoms with Crippen molar-refractivity contribution in [1.29, 1.82) is 0 Å². The molecule has 0 bridgehead atoms. The molecule has 0 spiro atoms. The molecule has 0 fully saturated rings. The zero-order valence-corrected chi connectivity index (χ0v) is 20.8. The van der Waals surface area contributed by atoms with Crippen LogP contribution in [0, 0.1) is 0 Å². The minimum Gasteiger partial charge on any atom is -0.744 e. The van der Waals surface area contributed by atoms with Gasteiger partial charge in [-0.25, -0.2) is 8.42 Å². The molecule has 3 nitrogen and oxygen atoms in total. The average molecular weight is 415 g/mol. The third kappa shape index (κ3) is 9.07. The Hall–Kier alpha value is 0.246. The molecule has 0 radical (unpaired) electrons. The van der Waals surface area contributed by atoms with Crippen molar-refractivity contribution < 1.29 is 64.4 Å². The summed E-state index contributed by atoms with van der Waals surface area (Å²) in [6.45, 7) is 2.24. The van der Waals surface area contributed by atoms with E-state index in [1.165, 1.54) is 57.4 Å². The van der Waals surface area contributed by atoms with E-state index in [4.69, 9.17) is 0 Å². The first kappa shape index (κ1) is 25.3. The Bertz CT molecular complexity index is 787. The van der Waals surface area contributed by atoms with Crippen LogP contribution in [0.3, 0.4) is 0 Å². The molecule has 0 atom stereocenters. The number of benzene rings is 2. The normalized spacial score (nSPS) is 11.5. The predicted octanol–water partition coefficient (Wildman–Crippen LogP) is 3.21. The minimum atomic E-state index is -4.42. The van der Waals surface area contributed by atoms with Crippen LogP contribution in [-0.2, 0) is 16.5 Å². The van der Waals surface area contributed by atoms with E-state index in [0.29, 0.717) is 0 Å². The topological polar surface area (TPSA) is 57.2 Å². The first-order chi connectivity index (χ1) is 12.5. The van der Waals surface area contributed by atoms with Gasteiger partial charge in [-0.05, 0) is 41.3 Å². The van der Waals surface area contributed by atoms with Gasteiger partial charge in [0.2, 0.25) is 0 Å². The summed E-state index contributed by atoms with van der Waals surface area (Å²) in [5.41, 5.74) is 0.970. The van der Waals surface area contributed by atoms with E-state index in [1.54, 1.807) is 6.07 Å². The monoisotopic (exact) mass is 414 g/mol. The van der Waals surface area contributed by atoms with Crippen molar-refractivity contribution in [2.75, 3.05) is 0 Å². The van der Waals surface area contributed by atoms with Crippen molar-refractivity contribution in [1.82, 2.24) is 0 Å². The van der Waals surface area contributed by atoms with E-state index in [-0.39, 0.29) is 56.3 Å². The quantitative estimate of drug-likeness (QED) is 0.304. The van der Waals surface area contributed by atoms with Gasteiger partial charge in [-0.15, -0.1) is 0 Å². The Kier molecular flexibility index (Phi) is 12.6. The van der Waals surface area contributed by atoms with Gasteiger partial charge in [-0.3, -0.25) is 0 Å². The van der Waals surface area contributed by atoms with Crippen molar-refractivity contribution >= 4 is 20.9 Å². The van der Waals surface area contributed by atoms with Crippen LogP contribution in [0.2, 0.25) is 0 Å². The van der Waals surface area contributed by atoms with Crippen molar-refractivity contribution in [2.24, 2.45) is 0 Å². The molecular formula is C22H31KO3S. The third-order valence-corrected chi connectivity index (χ3v) is 5.82. The first-order valence-electron chi connectivity index (χ1n) is 10.00. The van der Waals surface area contributed by atoms with Crippen LogP contribution in [0.25, 0.3) is 10.8 Å². The standard InChI is InChI=1S/C22H32O3S.K/c1-2-3-4-5-6-7-8-9-10-11-14-19-17-21(26(23,24)25)18-20-15-12-13-16-22(19)20;/h12-13,15-18H,2-11,14H2,1H3,(H,23,24,25);/q;+1/p-1. The maximum Gasteiger partial charge on any atom is 1.00 e. The van der Waals surface area contributed by atoms with Gasteiger partial charge in [-0.2, -0.15) is 0 Å². The molecule has 0 unspecified atom stereocenters. The Balaban J connectivity index is 0.00000364. The molecule has 5 heteroatoms. The summed E-state index contributed by atoms with van der Waals surface area (Å²) in [7, 11) is -4.42. The third-order valence-electron chi connectivity index (χ3n) is 5.01. The van der Waals surface area contributed by atoms with E-state index in [1.807, 2.05) is 24.3 Å². The summed E-state index contributed by atoms with van der Waals surface area (Å²) >= 11 is 0. The summed E-state index contributed by atoms with van der Waals surface area (Å²) in [5, 5.41) is 1.88. The number of hydrogen-bond donors (Lipinski definition) is 0. The number of hydrogen-bond acceptors (Lipinski definition) is 3. The van der Waals surface area contributed by atoms with Crippen LogP contribution in [0.1, 0.15) is 76.7 Å². The number of aryl methyl sites for hydroxylation is 1. The molecule has 0 aliphatic heterocycles. The van der Waals surface area contributed by atoms with Gasteiger partial charge in [0.1, 0.15) is 10.1 Å². The summed E-state index contributed by atoms with van der Waals surface area (Å²) in [4.78, 5) is -0.113. The molecule has 0 aliphatic rings. The van der Waals surface area contributed by atoms with Crippen molar-refractivity contribution in [3.05, 3.63) is 42.0 Å². The second kappa shape index (κ2) is 13.5. The molecule has 144 valence electrons. The fourth-order valence-electron chi connectivity index (χ4n) is 3.51. The number of fused-ring (bicyclic) bond motifs is 1. The van der Waals surface area contributed by atoms with E-state index in [9.17, 15) is 13.0 Å². The molecule has 0 N–H and O–H groups in total. The van der Waals surface area contributed by atoms with E-state index in [2.05, 4.69) is 6.92 Å². The van der Waals surface area contributed by atoms with Crippen LogP contribution >= 0.6 is 0 Å². The minimum absolute atomic E-state index is 0. The van der Waals surface area contributed by atoms with Crippen LogP contribution in [0.4, 0.5) is 0 Å². The fraction of sp³-hybridized carbons (Fsp3) is 0.545. The van der Waals surface area contributed by atoms with Crippen molar-refractivity contribution in [2.45, 2.75) is 82.4 Å². The largest absolute Gasteiger partial charge is 1.00 e. The second-order valence-corrected chi connectivity index (χ2v) is 8.57. The second-order valence-electron chi connectivity index (χ2n) is 7.19. The molecule has 0 amide bonds. The van der Waals surface area contributed by atoms with Crippen molar-refractivity contribution in [3.8, 4) is 0 Å². The van der Waals surface area contributed by atoms with Crippen LogP contribution in [0.15, 0.2) is 41.3 Å². The predicted molar refractivity (Wildman–Crippen MR) is 107 cm³/mol. The van der Waals surface area contributed by atoms with Gasteiger partial charge in [-0.1, -0.05) is 89.0 Å². The molecule has 0 heterocycles. The van der Waals surface area contributed by atoms with E-state index < -0.39 is 10.1 Å². The Morgan fingerprint density at radius 1 is 0.815 bits per heavy atom. The molecule has 2 aromatic rings.